The Bertz CT molecular complexity index is 103. The molecule has 0 fully saturated rings. The summed E-state index contributed by atoms with van der Waals surface area (Å²) in [6.45, 7) is 0.334. The van der Waals surface area contributed by atoms with Crippen LogP contribution in [-0.2, 0) is 14.4 Å². The molecule has 0 bridgehead atoms. The lowest BCUT2D eigenvalue weighted by molar-refractivity contribution is -0.242. The van der Waals surface area contributed by atoms with Gasteiger partial charge in [-0.2, -0.15) is 0 Å². The van der Waals surface area contributed by atoms with E-state index in [2.05, 4.69) is 9.62 Å². The predicted molar refractivity (Wildman–Crippen MR) is 39.1 cm³/mol. The molecule has 0 heterocycles. The molecule has 0 amide bonds. The van der Waals surface area contributed by atoms with Crippen LogP contribution in [0.25, 0.3) is 0 Å². The zero-order chi connectivity index (χ0) is 8.53. The third-order valence-electron chi connectivity index (χ3n) is 1.34. The highest BCUT2D eigenvalue weighted by atomic mass is 17.1. The number of methoxy groups -OCH3 is 1. The molecule has 0 rings (SSSR count). The van der Waals surface area contributed by atoms with Gasteiger partial charge in [-0.3, -0.25) is 10.1 Å². The van der Waals surface area contributed by atoms with Gasteiger partial charge in [0.15, 0.2) is 0 Å². The number of rotatable bonds is 6. The minimum Gasteiger partial charge on any atom is -0.469 e. The first-order valence-corrected chi connectivity index (χ1v) is 3.64. The molecule has 0 saturated carbocycles. The van der Waals surface area contributed by atoms with Gasteiger partial charge in [0, 0.05) is 6.42 Å². The number of carbonyl (C=O) groups is 1. The lowest BCUT2D eigenvalue weighted by Crippen LogP contribution is -1.99. The molecule has 66 valence electrons. The second kappa shape index (κ2) is 7.50. The van der Waals surface area contributed by atoms with Crippen LogP contribution < -0.4 is 0 Å². The number of hydrogen-bond acceptors (Lipinski definition) is 4. The molecule has 0 aliphatic rings. The maximum absolute atomic E-state index is 10.5. The van der Waals surface area contributed by atoms with Gasteiger partial charge in [-0.05, 0) is 12.8 Å². The van der Waals surface area contributed by atoms with Crippen molar-refractivity contribution in [3.8, 4) is 0 Å². The van der Waals surface area contributed by atoms with Crippen LogP contribution in [0.4, 0.5) is 0 Å². The van der Waals surface area contributed by atoms with Crippen molar-refractivity contribution < 1.29 is 19.7 Å². The van der Waals surface area contributed by atoms with Crippen LogP contribution in [0.5, 0.6) is 0 Å². The Morgan fingerprint density at radius 1 is 1.36 bits per heavy atom. The molecule has 0 radical (unpaired) electrons. The van der Waals surface area contributed by atoms with Gasteiger partial charge >= 0.3 is 5.97 Å². The molecule has 0 aliphatic carbocycles. The second-order valence-electron chi connectivity index (χ2n) is 2.22. The summed E-state index contributed by atoms with van der Waals surface area (Å²) in [7, 11) is 1.37. The van der Waals surface area contributed by atoms with Crippen LogP contribution in [0.2, 0.25) is 0 Å². The lowest BCUT2D eigenvalue weighted by atomic mass is 10.2. The van der Waals surface area contributed by atoms with E-state index in [4.69, 9.17) is 5.26 Å². The molecule has 11 heavy (non-hydrogen) atoms. The molecule has 0 aromatic rings. The summed E-state index contributed by atoms with van der Waals surface area (Å²) in [5.74, 6) is -0.185. The van der Waals surface area contributed by atoms with E-state index in [1.807, 2.05) is 0 Å². The zero-order valence-corrected chi connectivity index (χ0v) is 6.71. The summed E-state index contributed by atoms with van der Waals surface area (Å²) in [5, 5.41) is 7.93. The van der Waals surface area contributed by atoms with E-state index in [1.165, 1.54) is 7.11 Å². The van der Waals surface area contributed by atoms with Crippen molar-refractivity contribution >= 4 is 5.97 Å². The average molecular weight is 162 g/mol. The molecule has 0 saturated heterocycles. The predicted octanol–water partition coefficient (Wildman–Crippen LogP) is 1.21. The van der Waals surface area contributed by atoms with Crippen molar-refractivity contribution in [3.05, 3.63) is 0 Å². The quantitative estimate of drug-likeness (QED) is 0.276. The summed E-state index contributed by atoms with van der Waals surface area (Å²) >= 11 is 0. The van der Waals surface area contributed by atoms with Crippen LogP contribution in [0, 0.1) is 0 Å². The Balaban J connectivity index is 2.95. The average Bonchev–Trinajstić information content (AvgIpc) is 2.04. The fourth-order valence-electron chi connectivity index (χ4n) is 0.715. The van der Waals surface area contributed by atoms with Crippen molar-refractivity contribution in [2.24, 2.45) is 0 Å². The summed E-state index contributed by atoms with van der Waals surface area (Å²) < 4.78 is 4.44. The molecule has 0 spiro atoms. The van der Waals surface area contributed by atoms with Gasteiger partial charge in [-0.1, -0.05) is 6.42 Å². The van der Waals surface area contributed by atoms with Crippen molar-refractivity contribution in [1.29, 1.82) is 0 Å². The van der Waals surface area contributed by atoms with Gasteiger partial charge in [-0.15, -0.1) is 0 Å². The van der Waals surface area contributed by atoms with Crippen LogP contribution in [-0.4, -0.2) is 24.9 Å². The Morgan fingerprint density at radius 2 is 2.09 bits per heavy atom. The van der Waals surface area contributed by atoms with E-state index < -0.39 is 0 Å². The van der Waals surface area contributed by atoms with Crippen LogP contribution in [0.3, 0.4) is 0 Å². The molecule has 0 aromatic carbocycles. The minimum absolute atomic E-state index is 0.185. The summed E-state index contributed by atoms with van der Waals surface area (Å²) in [6, 6.07) is 0. The molecule has 0 aliphatic heterocycles. The molecule has 1 N–H and O–H groups in total. The summed E-state index contributed by atoms with van der Waals surface area (Å²) in [6.07, 6.45) is 2.88. The highest BCUT2D eigenvalue weighted by Crippen LogP contribution is 2.00. The standard InChI is InChI=1S/C7H14O4/c1-10-7(8)5-3-2-4-6-11-9/h9H,2-6H2,1H3. The molecular weight excluding hydrogens is 148 g/mol. The first kappa shape index (κ1) is 10.4. The normalized spacial score (nSPS) is 9.64. The number of ether oxygens (including phenoxy) is 1. The SMILES string of the molecule is COC(=O)CCCCCOO. The molecule has 0 unspecified atom stereocenters. The third-order valence-corrected chi connectivity index (χ3v) is 1.34. The molecule has 4 heteroatoms. The van der Waals surface area contributed by atoms with Gasteiger partial charge in [-0.25, -0.2) is 4.89 Å². The third kappa shape index (κ3) is 7.29. The number of hydrogen-bond donors (Lipinski definition) is 1. The Kier molecular flexibility index (Phi) is 7.08. The highest BCUT2D eigenvalue weighted by molar-refractivity contribution is 5.68. The maximum Gasteiger partial charge on any atom is 0.305 e. The van der Waals surface area contributed by atoms with Crippen LogP contribution >= 0.6 is 0 Å². The van der Waals surface area contributed by atoms with E-state index >= 15 is 0 Å². The van der Waals surface area contributed by atoms with Crippen LogP contribution in [0.15, 0.2) is 0 Å². The van der Waals surface area contributed by atoms with Gasteiger partial charge in [0.05, 0.1) is 13.7 Å². The lowest BCUT2D eigenvalue weighted by Gasteiger charge is -1.98. The van der Waals surface area contributed by atoms with Crippen molar-refractivity contribution in [1.82, 2.24) is 0 Å². The fraction of sp³-hybridized carbons (Fsp3) is 0.857. The maximum atomic E-state index is 10.5. The van der Waals surface area contributed by atoms with E-state index in [9.17, 15) is 4.79 Å². The highest BCUT2D eigenvalue weighted by Gasteiger charge is 1.98. The topological polar surface area (TPSA) is 55.8 Å². The van der Waals surface area contributed by atoms with Gasteiger partial charge in [0.2, 0.25) is 0 Å². The molecule has 4 nitrogen and oxygen atoms in total. The van der Waals surface area contributed by atoms with Crippen molar-refractivity contribution in [2.45, 2.75) is 25.7 Å². The number of unbranched alkanes of at least 4 members (excludes halogenated alkanes) is 2. The second-order valence-corrected chi connectivity index (χ2v) is 2.22. The Hall–Kier alpha value is -0.610. The Morgan fingerprint density at radius 3 is 2.64 bits per heavy atom. The minimum atomic E-state index is -0.185. The molecule has 0 aromatic heterocycles. The van der Waals surface area contributed by atoms with Gasteiger partial charge < -0.3 is 4.74 Å². The Labute approximate surface area is 66.0 Å². The summed E-state index contributed by atoms with van der Waals surface area (Å²) in [5.41, 5.74) is 0. The largest absolute Gasteiger partial charge is 0.469 e. The van der Waals surface area contributed by atoms with Gasteiger partial charge in [0.1, 0.15) is 0 Å². The van der Waals surface area contributed by atoms with E-state index in [-0.39, 0.29) is 5.97 Å². The van der Waals surface area contributed by atoms with E-state index in [0.717, 1.165) is 19.3 Å². The van der Waals surface area contributed by atoms with E-state index in [0.29, 0.717) is 13.0 Å². The van der Waals surface area contributed by atoms with Crippen molar-refractivity contribution in [3.63, 3.8) is 0 Å². The smallest absolute Gasteiger partial charge is 0.305 e. The first-order valence-electron chi connectivity index (χ1n) is 3.64. The molecular formula is C7H14O4. The molecule has 0 atom stereocenters. The summed E-state index contributed by atoms with van der Waals surface area (Å²) in [4.78, 5) is 14.4. The fourth-order valence-corrected chi connectivity index (χ4v) is 0.715. The van der Waals surface area contributed by atoms with Gasteiger partial charge in [0.25, 0.3) is 0 Å². The number of carbonyl (C=O) groups excluding carboxylic acids is 1. The monoisotopic (exact) mass is 162 g/mol. The first-order chi connectivity index (χ1) is 5.31. The zero-order valence-electron chi connectivity index (χ0n) is 6.71. The van der Waals surface area contributed by atoms with E-state index in [1.54, 1.807) is 0 Å². The van der Waals surface area contributed by atoms with Crippen molar-refractivity contribution in [2.75, 3.05) is 13.7 Å². The number of esters is 1. The van der Waals surface area contributed by atoms with Crippen LogP contribution in [0.1, 0.15) is 25.7 Å².